The van der Waals surface area contributed by atoms with Crippen LogP contribution in [-0.4, -0.2) is 29.1 Å². The van der Waals surface area contributed by atoms with Gasteiger partial charge in [0.15, 0.2) is 6.29 Å². The van der Waals surface area contributed by atoms with E-state index in [1.807, 2.05) is 30.3 Å². The number of hydrogen-bond acceptors (Lipinski definition) is 5. The Hall–Kier alpha value is -2.18. The van der Waals surface area contributed by atoms with Crippen molar-refractivity contribution in [3.05, 3.63) is 53.4 Å². The lowest BCUT2D eigenvalue weighted by Crippen LogP contribution is -2.25. The molecule has 2 heterocycles. The number of carboxylic acid groups (broad SMARTS) is 1. The molecule has 1 saturated heterocycles. The molecule has 1 aliphatic rings. The molecule has 0 spiro atoms. The molecular weight excluding hydrogens is 286 g/mol. The highest BCUT2D eigenvalue weighted by Gasteiger charge is 2.29. The van der Waals surface area contributed by atoms with Crippen LogP contribution in [0, 0.1) is 0 Å². The molecule has 3 rings (SSSR count). The molecule has 1 N–H and O–H groups in total. The van der Waals surface area contributed by atoms with Gasteiger partial charge in [-0.2, -0.15) is 0 Å². The Labute approximate surface area is 127 Å². The summed E-state index contributed by atoms with van der Waals surface area (Å²) in [7, 11) is 0. The summed E-state index contributed by atoms with van der Waals surface area (Å²) >= 11 is 0. The van der Waals surface area contributed by atoms with Crippen molar-refractivity contribution in [2.75, 3.05) is 6.61 Å². The van der Waals surface area contributed by atoms with E-state index in [0.717, 1.165) is 31.1 Å². The molecule has 1 fully saturated rings. The fraction of sp³-hybridized carbons (Fsp3) is 0.375. The number of aromatic carboxylic acids is 1. The zero-order chi connectivity index (χ0) is 15.4. The number of aromatic nitrogens is 1. The van der Waals surface area contributed by atoms with Gasteiger partial charge in [-0.25, -0.2) is 4.79 Å². The molecule has 2 unspecified atom stereocenters. The van der Waals surface area contributed by atoms with E-state index in [2.05, 4.69) is 5.16 Å². The van der Waals surface area contributed by atoms with Crippen molar-refractivity contribution >= 4 is 5.97 Å². The average molecular weight is 303 g/mol. The maximum Gasteiger partial charge on any atom is 0.341 e. The van der Waals surface area contributed by atoms with E-state index in [9.17, 15) is 9.90 Å². The average Bonchev–Trinajstić information content (AvgIpc) is 3.04. The summed E-state index contributed by atoms with van der Waals surface area (Å²) in [6.45, 7) is 0.650. The lowest BCUT2D eigenvalue weighted by atomic mass is 10.0. The number of carbonyl (C=O) groups is 1. The van der Waals surface area contributed by atoms with Crippen LogP contribution in [0.4, 0.5) is 0 Å². The summed E-state index contributed by atoms with van der Waals surface area (Å²) in [5.74, 6) is -1.09. The summed E-state index contributed by atoms with van der Waals surface area (Å²) in [5.41, 5.74) is 1.07. The monoisotopic (exact) mass is 303 g/mol. The largest absolute Gasteiger partial charge is 0.478 e. The van der Waals surface area contributed by atoms with Crippen LogP contribution in [0.5, 0.6) is 0 Å². The maximum atomic E-state index is 11.3. The second kappa shape index (κ2) is 6.72. The Bertz CT molecular complexity index is 618. The van der Waals surface area contributed by atoms with E-state index in [0.29, 0.717) is 6.61 Å². The number of carboxylic acids is 1. The molecule has 1 aliphatic heterocycles. The second-order valence-electron chi connectivity index (χ2n) is 5.14. The topological polar surface area (TPSA) is 81.8 Å². The van der Waals surface area contributed by atoms with Gasteiger partial charge in [0.25, 0.3) is 0 Å². The molecule has 2 atom stereocenters. The summed E-state index contributed by atoms with van der Waals surface area (Å²) in [6, 6.07) is 9.36. The van der Waals surface area contributed by atoms with Gasteiger partial charge in [-0.1, -0.05) is 35.5 Å². The second-order valence-corrected chi connectivity index (χ2v) is 5.14. The molecule has 6 nitrogen and oxygen atoms in total. The quantitative estimate of drug-likeness (QED) is 0.914. The minimum atomic E-state index is -1.09. The molecule has 6 heteroatoms. The Balaban J connectivity index is 1.92. The van der Waals surface area contributed by atoms with Gasteiger partial charge in [0.05, 0.1) is 0 Å². The highest BCUT2D eigenvalue weighted by molar-refractivity contribution is 5.88. The first-order chi connectivity index (χ1) is 10.8. The molecule has 0 aliphatic carbocycles. The Morgan fingerprint density at radius 3 is 2.82 bits per heavy atom. The van der Waals surface area contributed by atoms with Gasteiger partial charge in [0.2, 0.25) is 0 Å². The predicted octanol–water partition coefficient (Wildman–Crippen LogP) is 3.01. The zero-order valence-corrected chi connectivity index (χ0v) is 12.0. The maximum absolute atomic E-state index is 11.3. The van der Waals surface area contributed by atoms with Crippen LogP contribution in [0.3, 0.4) is 0 Å². The van der Waals surface area contributed by atoms with Crippen molar-refractivity contribution in [1.29, 1.82) is 0 Å². The molecule has 2 aromatic rings. The van der Waals surface area contributed by atoms with E-state index >= 15 is 0 Å². The Kier molecular flexibility index (Phi) is 4.50. The lowest BCUT2D eigenvalue weighted by molar-refractivity contribution is -0.182. The van der Waals surface area contributed by atoms with Gasteiger partial charge >= 0.3 is 5.97 Å². The summed E-state index contributed by atoms with van der Waals surface area (Å²) in [5, 5.41) is 13.1. The van der Waals surface area contributed by atoms with Gasteiger partial charge in [-0.15, -0.1) is 0 Å². The van der Waals surface area contributed by atoms with Gasteiger partial charge in [0, 0.05) is 6.61 Å². The van der Waals surface area contributed by atoms with Crippen molar-refractivity contribution < 1.29 is 23.9 Å². The third kappa shape index (κ3) is 3.18. The fourth-order valence-electron chi connectivity index (χ4n) is 2.49. The number of nitrogens with zero attached hydrogens (tertiary/aromatic N) is 1. The van der Waals surface area contributed by atoms with Crippen LogP contribution < -0.4 is 0 Å². The molecule has 22 heavy (non-hydrogen) atoms. The summed E-state index contributed by atoms with van der Waals surface area (Å²) < 4.78 is 16.5. The smallest absolute Gasteiger partial charge is 0.341 e. The van der Waals surface area contributed by atoms with Crippen LogP contribution in [0.15, 0.2) is 41.1 Å². The van der Waals surface area contributed by atoms with Crippen LogP contribution in [0.25, 0.3) is 0 Å². The SMILES string of the molecule is O=C(O)c1conc1C(OC1CCCCO1)c1ccccc1. The molecule has 0 saturated carbocycles. The third-order valence-corrected chi connectivity index (χ3v) is 3.60. The van der Waals surface area contributed by atoms with Gasteiger partial charge in [-0.3, -0.25) is 0 Å². The molecule has 116 valence electrons. The lowest BCUT2D eigenvalue weighted by Gasteiger charge is -2.27. The van der Waals surface area contributed by atoms with Gasteiger partial charge in [-0.05, 0) is 24.8 Å². The van der Waals surface area contributed by atoms with E-state index in [-0.39, 0.29) is 17.5 Å². The molecule has 0 radical (unpaired) electrons. The van der Waals surface area contributed by atoms with Gasteiger partial charge in [0.1, 0.15) is 23.6 Å². The first-order valence-corrected chi connectivity index (χ1v) is 7.25. The standard InChI is InChI=1S/C16H17NO5/c18-16(19)12-10-21-17-14(12)15(11-6-2-1-3-7-11)22-13-8-4-5-9-20-13/h1-3,6-7,10,13,15H,4-5,8-9H2,(H,18,19). The highest BCUT2D eigenvalue weighted by Crippen LogP contribution is 2.31. The van der Waals surface area contributed by atoms with Crippen LogP contribution in [-0.2, 0) is 9.47 Å². The summed E-state index contributed by atoms with van der Waals surface area (Å²) in [4.78, 5) is 11.3. The number of ether oxygens (including phenoxy) is 2. The van der Waals surface area contributed by atoms with Crippen molar-refractivity contribution in [3.63, 3.8) is 0 Å². The minimum Gasteiger partial charge on any atom is -0.478 e. The summed E-state index contributed by atoms with van der Waals surface area (Å²) in [6.07, 6.45) is 2.95. The van der Waals surface area contributed by atoms with E-state index in [1.54, 1.807) is 0 Å². The molecule has 0 bridgehead atoms. The van der Waals surface area contributed by atoms with E-state index in [4.69, 9.17) is 14.0 Å². The van der Waals surface area contributed by atoms with Crippen LogP contribution in [0.1, 0.15) is 47.0 Å². The molecule has 1 aromatic carbocycles. The van der Waals surface area contributed by atoms with Crippen molar-refractivity contribution in [3.8, 4) is 0 Å². The Morgan fingerprint density at radius 2 is 2.14 bits per heavy atom. The predicted molar refractivity (Wildman–Crippen MR) is 76.4 cm³/mol. The van der Waals surface area contributed by atoms with Gasteiger partial charge < -0.3 is 19.1 Å². The van der Waals surface area contributed by atoms with Crippen molar-refractivity contribution in [2.45, 2.75) is 31.7 Å². The minimum absolute atomic E-state index is 0.00432. The molecular formula is C16H17NO5. The van der Waals surface area contributed by atoms with E-state index in [1.165, 1.54) is 0 Å². The zero-order valence-electron chi connectivity index (χ0n) is 12.0. The first kappa shape index (κ1) is 14.7. The van der Waals surface area contributed by atoms with Crippen LogP contribution in [0.2, 0.25) is 0 Å². The molecule has 1 aromatic heterocycles. The number of rotatable bonds is 5. The van der Waals surface area contributed by atoms with Crippen LogP contribution >= 0.6 is 0 Å². The fourth-order valence-corrected chi connectivity index (χ4v) is 2.49. The Morgan fingerprint density at radius 1 is 1.32 bits per heavy atom. The van der Waals surface area contributed by atoms with Crippen molar-refractivity contribution in [1.82, 2.24) is 5.16 Å². The van der Waals surface area contributed by atoms with Crippen molar-refractivity contribution in [2.24, 2.45) is 0 Å². The third-order valence-electron chi connectivity index (χ3n) is 3.60. The number of benzene rings is 1. The first-order valence-electron chi connectivity index (χ1n) is 7.25. The molecule has 0 amide bonds. The normalized spacial score (nSPS) is 19.7. The highest BCUT2D eigenvalue weighted by atomic mass is 16.7. The van der Waals surface area contributed by atoms with E-state index < -0.39 is 12.1 Å². The number of hydrogen-bond donors (Lipinski definition) is 1.